The molecule has 1 unspecified atom stereocenters. The molecule has 1 amide bonds. The van der Waals surface area contributed by atoms with E-state index in [1.54, 1.807) is 24.1 Å². The van der Waals surface area contributed by atoms with Crippen LogP contribution in [0.4, 0.5) is 0 Å². The van der Waals surface area contributed by atoms with Gasteiger partial charge in [0.2, 0.25) is 5.91 Å². The second kappa shape index (κ2) is 13.6. The zero-order valence-electron chi connectivity index (χ0n) is 21.4. The van der Waals surface area contributed by atoms with E-state index in [1.807, 2.05) is 34.9 Å². The Labute approximate surface area is 215 Å². The van der Waals surface area contributed by atoms with Gasteiger partial charge in [0.05, 0.1) is 12.7 Å². The van der Waals surface area contributed by atoms with Crippen molar-refractivity contribution < 1.29 is 9.59 Å². The summed E-state index contributed by atoms with van der Waals surface area (Å²) in [6.45, 7) is 10.8. The first kappa shape index (κ1) is 27.2. The number of hydrogen-bond donors (Lipinski definition) is 0. The Morgan fingerprint density at radius 1 is 1.11 bits per heavy atom. The molecule has 0 bridgehead atoms. The third kappa shape index (κ3) is 8.04. The lowest BCUT2D eigenvalue weighted by Gasteiger charge is -2.28. The summed E-state index contributed by atoms with van der Waals surface area (Å²) in [5.41, 5.74) is 1.85. The second-order valence-electron chi connectivity index (χ2n) is 9.56. The molecule has 1 atom stereocenters. The van der Waals surface area contributed by atoms with Crippen LogP contribution < -0.4 is 0 Å². The number of hydrogen-bond acceptors (Lipinski definition) is 4. The quantitative estimate of drug-likeness (QED) is 0.409. The van der Waals surface area contributed by atoms with Crippen molar-refractivity contribution in [2.24, 2.45) is 5.92 Å². The molecule has 3 heterocycles. The zero-order valence-corrected chi connectivity index (χ0v) is 22.1. The number of carbonyl (C=O) groups excluding carboxylic acids is 2. The van der Waals surface area contributed by atoms with Crippen LogP contribution in [0.1, 0.15) is 68.3 Å². The Hall–Kier alpha value is -2.44. The fourth-order valence-corrected chi connectivity index (χ4v) is 4.86. The molecule has 1 aromatic carbocycles. The van der Waals surface area contributed by atoms with Crippen molar-refractivity contribution in [3.63, 3.8) is 0 Å². The minimum atomic E-state index is 0.0194. The van der Waals surface area contributed by atoms with E-state index in [2.05, 4.69) is 23.7 Å². The predicted molar refractivity (Wildman–Crippen MR) is 142 cm³/mol. The van der Waals surface area contributed by atoms with E-state index in [4.69, 9.17) is 11.6 Å². The van der Waals surface area contributed by atoms with Crippen LogP contribution in [-0.4, -0.2) is 57.2 Å². The molecule has 190 valence electrons. The maximum absolute atomic E-state index is 12.5. The van der Waals surface area contributed by atoms with Crippen molar-refractivity contribution in [2.45, 2.75) is 66.0 Å². The number of ketones is 1. The summed E-state index contributed by atoms with van der Waals surface area (Å²) in [5.74, 6) is 1.65. The predicted octanol–water partition coefficient (Wildman–Crippen LogP) is 5.40. The number of rotatable bonds is 5. The Morgan fingerprint density at radius 2 is 1.91 bits per heavy atom. The van der Waals surface area contributed by atoms with Gasteiger partial charge in [-0.05, 0) is 49.9 Å². The lowest BCUT2D eigenvalue weighted by Crippen LogP contribution is -2.38. The molecule has 35 heavy (non-hydrogen) atoms. The molecule has 0 spiro atoms. The molecule has 2 aliphatic heterocycles. The molecule has 0 saturated carbocycles. The monoisotopic (exact) mass is 498 g/mol. The third-order valence-electron chi connectivity index (χ3n) is 6.86. The first-order chi connectivity index (χ1) is 16.9. The molecular formula is C28H39ClN4O2. The summed E-state index contributed by atoms with van der Waals surface area (Å²) in [6, 6.07) is 7.91. The van der Waals surface area contributed by atoms with E-state index in [0.717, 1.165) is 42.8 Å². The number of benzene rings is 1. The molecule has 4 rings (SSSR count). The van der Waals surface area contributed by atoms with E-state index in [1.165, 1.54) is 31.2 Å². The van der Waals surface area contributed by atoms with Gasteiger partial charge in [0.1, 0.15) is 11.5 Å². The highest BCUT2D eigenvalue weighted by Gasteiger charge is 2.23. The number of fused-ring (bicyclic) bond motifs is 1. The summed E-state index contributed by atoms with van der Waals surface area (Å²) < 4.78 is 1.93. The molecule has 0 N–H and O–H groups in total. The average Bonchev–Trinajstić information content (AvgIpc) is 3.27. The van der Waals surface area contributed by atoms with Crippen LogP contribution in [0.25, 0.3) is 0 Å². The van der Waals surface area contributed by atoms with Gasteiger partial charge in [-0.15, -0.1) is 0 Å². The number of Topliss-reactive ketones (excluding diaryl/α,β-unsaturated/α-hetero) is 1. The van der Waals surface area contributed by atoms with Gasteiger partial charge in [-0.25, -0.2) is 4.98 Å². The van der Waals surface area contributed by atoms with Crippen molar-refractivity contribution in [1.29, 1.82) is 0 Å². The molecule has 0 aliphatic carbocycles. The lowest BCUT2D eigenvalue weighted by molar-refractivity contribution is -0.127. The summed E-state index contributed by atoms with van der Waals surface area (Å²) in [7, 11) is 0. The largest absolute Gasteiger partial charge is 0.330 e. The van der Waals surface area contributed by atoms with E-state index < -0.39 is 0 Å². The molecule has 7 heteroatoms. The first-order valence-corrected chi connectivity index (χ1v) is 13.2. The Bertz CT molecular complexity index is 1020. The van der Waals surface area contributed by atoms with Crippen molar-refractivity contribution in [1.82, 2.24) is 19.4 Å². The first-order valence-electron chi connectivity index (χ1n) is 12.9. The molecule has 1 fully saturated rings. The summed E-state index contributed by atoms with van der Waals surface area (Å²) in [5, 5.41) is 0.875. The van der Waals surface area contributed by atoms with Crippen molar-refractivity contribution in [3.8, 4) is 0 Å². The topological polar surface area (TPSA) is 58.4 Å². The minimum absolute atomic E-state index is 0.0194. The van der Waals surface area contributed by atoms with Gasteiger partial charge in [-0.2, -0.15) is 0 Å². The Kier molecular flexibility index (Phi) is 10.5. The highest BCUT2D eigenvalue weighted by Crippen LogP contribution is 2.17. The van der Waals surface area contributed by atoms with Crippen molar-refractivity contribution >= 4 is 23.3 Å². The van der Waals surface area contributed by atoms with Crippen molar-refractivity contribution in [2.75, 3.05) is 26.2 Å². The van der Waals surface area contributed by atoms with Crippen LogP contribution >= 0.6 is 11.6 Å². The highest BCUT2D eigenvalue weighted by atomic mass is 35.5. The van der Waals surface area contributed by atoms with Gasteiger partial charge in [0.15, 0.2) is 5.78 Å². The fourth-order valence-electron chi connectivity index (χ4n) is 4.59. The van der Waals surface area contributed by atoms with E-state index >= 15 is 0 Å². The second-order valence-corrected chi connectivity index (χ2v) is 9.97. The Morgan fingerprint density at radius 3 is 2.63 bits per heavy atom. The SMILES string of the molecule is CC(=O)c1cnc2n1CCN(C(=O)/C=C/CN1CCCCC(C)CC1)C2.CCc1ccccc1Cl. The van der Waals surface area contributed by atoms with Crippen LogP contribution in [0.3, 0.4) is 0 Å². The molecule has 2 aliphatic rings. The van der Waals surface area contributed by atoms with Crippen LogP contribution in [0.15, 0.2) is 42.6 Å². The molecule has 2 aromatic rings. The van der Waals surface area contributed by atoms with E-state index in [-0.39, 0.29) is 11.7 Å². The maximum Gasteiger partial charge on any atom is 0.246 e. The number of aryl methyl sites for hydroxylation is 1. The van der Waals surface area contributed by atoms with E-state index in [0.29, 0.717) is 25.3 Å². The maximum atomic E-state index is 12.5. The molecule has 0 radical (unpaired) electrons. The normalized spacial score (nSPS) is 18.9. The number of nitrogens with zero attached hydrogens (tertiary/aromatic N) is 4. The molecule has 1 saturated heterocycles. The van der Waals surface area contributed by atoms with Crippen molar-refractivity contribution in [3.05, 3.63) is 64.7 Å². The molecule has 6 nitrogen and oxygen atoms in total. The number of halogens is 1. The van der Waals surface area contributed by atoms with E-state index in [9.17, 15) is 9.59 Å². The third-order valence-corrected chi connectivity index (χ3v) is 7.23. The zero-order chi connectivity index (χ0) is 25.2. The highest BCUT2D eigenvalue weighted by molar-refractivity contribution is 6.31. The smallest absolute Gasteiger partial charge is 0.246 e. The number of imidazole rings is 1. The van der Waals surface area contributed by atoms with Gasteiger partial charge < -0.3 is 9.47 Å². The summed E-state index contributed by atoms with van der Waals surface area (Å²) >= 11 is 5.82. The number of amides is 1. The van der Waals surface area contributed by atoms with Gasteiger partial charge in [-0.1, -0.05) is 62.6 Å². The fraction of sp³-hybridized carbons (Fsp3) is 0.536. The molecule has 1 aromatic heterocycles. The standard InChI is InChI=1S/C20H30N4O2.C8H9Cl/c1-16-6-3-4-9-22(11-8-16)10-5-7-20(26)23-12-13-24-18(17(2)25)14-21-19(24)15-23;1-2-7-5-3-4-6-8(7)9/h5,7,14,16H,3-4,6,8-13,15H2,1-2H3;3-6H,2H2,1H3/b7-5+;. The summed E-state index contributed by atoms with van der Waals surface area (Å²) in [6.07, 6.45) is 11.5. The van der Waals surface area contributed by atoms with Gasteiger partial charge in [0, 0.05) is 37.7 Å². The number of aromatic nitrogens is 2. The van der Waals surface area contributed by atoms with Crippen LogP contribution in [0, 0.1) is 5.92 Å². The van der Waals surface area contributed by atoms with Gasteiger partial charge >= 0.3 is 0 Å². The lowest BCUT2D eigenvalue weighted by atomic mass is 9.98. The Balaban J connectivity index is 0.000000320. The van der Waals surface area contributed by atoms with Gasteiger partial charge in [-0.3, -0.25) is 14.5 Å². The molecular weight excluding hydrogens is 460 g/mol. The van der Waals surface area contributed by atoms with Crippen LogP contribution in [-0.2, 0) is 24.3 Å². The van der Waals surface area contributed by atoms with Crippen LogP contribution in [0.2, 0.25) is 5.02 Å². The van der Waals surface area contributed by atoms with Crippen LogP contribution in [0.5, 0.6) is 0 Å². The number of likely N-dealkylation sites (tertiary alicyclic amines) is 1. The number of carbonyl (C=O) groups is 2. The van der Waals surface area contributed by atoms with Gasteiger partial charge in [0.25, 0.3) is 0 Å². The minimum Gasteiger partial charge on any atom is -0.330 e. The summed E-state index contributed by atoms with van der Waals surface area (Å²) in [4.78, 5) is 32.6. The average molecular weight is 499 g/mol.